The molecule has 1 saturated carbocycles. The maximum Gasteiger partial charge on any atom is 0.416 e. The first-order chi connectivity index (χ1) is 11.8. The molecule has 1 fully saturated rings. The van der Waals surface area contributed by atoms with Crippen LogP contribution in [0.5, 0.6) is 0 Å². The Hall–Kier alpha value is -1.31. The van der Waals surface area contributed by atoms with Crippen molar-refractivity contribution in [1.82, 2.24) is 5.32 Å². The monoisotopic (exact) mass is 394 g/mol. The highest BCUT2D eigenvalue weighted by Crippen LogP contribution is 2.40. The number of methoxy groups -OCH3 is 1. The quantitative estimate of drug-likeness (QED) is 0.749. The number of halogens is 4. The fourth-order valence-electron chi connectivity index (χ4n) is 3.48. The van der Waals surface area contributed by atoms with Gasteiger partial charge in [0.2, 0.25) is 5.91 Å². The van der Waals surface area contributed by atoms with Gasteiger partial charge in [-0.2, -0.15) is 13.2 Å². The van der Waals surface area contributed by atoms with Crippen molar-refractivity contribution in [3.05, 3.63) is 35.4 Å². The van der Waals surface area contributed by atoms with Gasteiger partial charge in [-0.1, -0.05) is 37.5 Å². The number of alkyl halides is 3. The summed E-state index contributed by atoms with van der Waals surface area (Å²) in [7, 11) is 1.45. The Balaban J connectivity index is 0.00000338. The molecule has 0 aliphatic heterocycles. The molecule has 1 aromatic rings. The predicted molar refractivity (Wildman–Crippen MR) is 96.3 cm³/mol. The number of carbonyl (C=O) groups excluding carboxylic acids is 1. The number of ether oxygens (including phenoxy) is 1. The molecule has 0 heterocycles. The van der Waals surface area contributed by atoms with E-state index >= 15 is 0 Å². The van der Waals surface area contributed by atoms with Gasteiger partial charge in [0, 0.05) is 19.1 Å². The van der Waals surface area contributed by atoms with E-state index in [4.69, 9.17) is 10.5 Å². The lowest BCUT2D eigenvalue weighted by molar-refractivity contribution is -0.138. The Labute approximate surface area is 158 Å². The van der Waals surface area contributed by atoms with Gasteiger partial charge in [0.25, 0.3) is 0 Å². The molecule has 3 N–H and O–H groups in total. The van der Waals surface area contributed by atoms with Crippen LogP contribution in [0.3, 0.4) is 0 Å². The van der Waals surface area contributed by atoms with Crippen LogP contribution < -0.4 is 11.1 Å². The first-order valence-corrected chi connectivity index (χ1v) is 8.55. The summed E-state index contributed by atoms with van der Waals surface area (Å²) in [5, 5.41) is 2.86. The Morgan fingerprint density at radius 2 is 1.92 bits per heavy atom. The van der Waals surface area contributed by atoms with Crippen LogP contribution in [0.15, 0.2) is 24.3 Å². The number of amides is 1. The zero-order valence-corrected chi connectivity index (χ0v) is 15.5. The SMILES string of the molecule is COCC(N)C(=O)NC1CCCCCC1c1ccccc1C(F)(F)F.Cl. The molecule has 1 aromatic carbocycles. The zero-order valence-electron chi connectivity index (χ0n) is 14.7. The Morgan fingerprint density at radius 3 is 2.58 bits per heavy atom. The van der Waals surface area contributed by atoms with E-state index in [9.17, 15) is 18.0 Å². The maximum atomic E-state index is 13.4. The number of nitrogens with one attached hydrogen (secondary N) is 1. The van der Waals surface area contributed by atoms with E-state index in [0.29, 0.717) is 12.8 Å². The summed E-state index contributed by atoms with van der Waals surface area (Å²) in [6, 6.07) is 4.45. The smallest absolute Gasteiger partial charge is 0.383 e. The van der Waals surface area contributed by atoms with E-state index in [2.05, 4.69) is 5.32 Å². The molecule has 0 aromatic heterocycles. The van der Waals surface area contributed by atoms with Gasteiger partial charge in [-0.15, -0.1) is 12.4 Å². The topological polar surface area (TPSA) is 64.3 Å². The normalized spacial score (nSPS) is 22.0. The molecule has 3 atom stereocenters. The van der Waals surface area contributed by atoms with Crippen LogP contribution in [-0.4, -0.2) is 31.7 Å². The van der Waals surface area contributed by atoms with Crippen molar-refractivity contribution in [3.63, 3.8) is 0 Å². The Morgan fingerprint density at radius 1 is 1.27 bits per heavy atom. The maximum absolute atomic E-state index is 13.4. The van der Waals surface area contributed by atoms with Crippen molar-refractivity contribution in [2.75, 3.05) is 13.7 Å². The van der Waals surface area contributed by atoms with E-state index in [-0.39, 0.29) is 42.4 Å². The number of rotatable bonds is 5. The molecule has 0 spiro atoms. The van der Waals surface area contributed by atoms with Crippen molar-refractivity contribution in [1.29, 1.82) is 0 Å². The highest BCUT2D eigenvalue weighted by molar-refractivity contribution is 5.85. The molecule has 26 heavy (non-hydrogen) atoms. The fraction of sp³-hybridized carbons (Fsp3) is 0.611. The van der Waals surface area contributed by atoms with E-state index in [0.717, 1.165) is 25.3 Å². The molecule has 2 rings (SSSR count). The second kappa shape index (κ2) is 10.1. The number of hydrogen-bond donors (Lipinski definition) is 2. The average molecular weight is 395 g/mol. The van der Waals surface area contributed by atoms with Crippen molar-refractivity contribution < 1.29 is 22.7 Å². The molecule has 1 amide bonds. The largest absolute Gasteiger partial charge is 0.416 e. The second-order valence-corrected chi connectivity index (χ2v) is 6.51. The van der Waals surface area contributed by atoms with Gasteiger partial charge in [0.15, 0.2) is 0 Å². The molecule has 3 unspecified atom stereocenters. The first kappa shape index (κ1) is 22.7. The summed E-state index contributed by atoms with van der Waals surface area (Å²) in [5.41, 5.74) is 5.38. The highest BCUT2D eigenvalue weighted by Gasteiger charge is 2.37. The van der Waals surface area contributed by atoms with Gasteiger partial charge in [-0.3, -0.25) is 4.79 Å². The zero-order chi connectivity index (χ0) is 18.4. The molecule has 4 nitrogen and oxygen atoms in total. The van der Waals surface area contributed by atoms with Crippen LogP contribution in [0.1, 0.15) is 49.1 Å². The Bertz CT molecular complexity index is 584. The lowest BCUT2D eigenvalue weighted by atomic mass is 9.84. The number of hydrogen-bond acceptors (Lipinski definition) is 3. The lowest BCUT2D eigenvalue weighted by Gasteiger charge is -2.29. The van der Waals surface area contributed by atoms with Gasteiger partial charge in [-0.05, 0) is 24.5 Å². The predicted octanol–water partition coefficient (Wildman–Crippen LogP) is 3.63. The van der Waals surface area contributed by atoms with Crippen molar-refractivity contribution in [3.8, 4) is 0 Å². The Kier molecular flexibility index (Phi) is 8.86. The van der Waals surface area contributed by atoms with Crippen molar-refractivity contribution in [2.45, 2.75) is 56.3 Å². The van der Waals surface area contributed by atoms with Gasteiger partial charge >= 0.3 is 6.18 Å². The molecule has 1 aliphatic rings. The lowest BCUT2D eigenvalue weighted by Crippen LogP contribution is -2.49. The summed E-state index contributed by atoms with van der Waals surface area (Å²) in [5.74, 6) is -0.762. The molecule has 0 saturated heterocycles. The van der Waals surface area contributed by atoms with Crippen molar-refractivity contribution >= 4 is 18.3 Å². The van der Waals surface area contributed by atoms with E-state index in [1.807, 2.05) is 0 Å². The van der Waals surface area contributed by atoms with Crippen LogP contribution >= 0.6 is 12.4 Å². The summed E-state index contributed by atoms with van der Waals surface area (Å²) in [6.07, 6.45) is -0.507. The molecule has 148 valence electrons. The summed E-state index contributed by atoms with van der Waals surface area (Å²) < 4.78 is 45.1. The third kappa shape index (κ3) is 5.86. The molecule has 8 heteroatoms. The van der Waals surface area contributed by atoms with Crippen molar-refractivity contribution in [2.24, 2.45) is 5.73 Å². The molecule has 0 radical (unpaired) electrons. The van der Waals surface area contributed by atoms with Gasteiger partial charge in [-0.25, -0.2) is 0 Å². The standard InChI is InChI=1S/C18H25F3N2O2.ClH/c1-25-11-15(22)17(24)23-16-10-4-2-3-8-13(16)12-7-5-6-9-14(12)18(19,20)21;/h5-7,9,13,15-16H,2-4,8,10-11,22H2,1H3,(H,23,24);1H. The minimum Gasteiger partial charge on any atom is -0.383 e. The minimum absolute atomic E-state index is 0. The van der Waals surface area contributed by atoms with E-state index in [1.165, 1.54) is 19.2 Å². The fourth-order valence-corrected chi connectivity index (χ4v) is 3.48. The van der Waals surface area contributed by atoms with E-state index in [1.54, 1.807) is 6.07 Å². The average Bonchev–Trinajstić information content (AvgIpc) is 2.79. The molecular weight excluding hydrogens is 369 g/mol. The van der Waals surface area contributed by atoms with Gasteiger partial charge in [0.05, 0.1) is 12.2 Å². The highest BCUT2D eigenvalue weighted by atomic mass is 35.5. The second-order valence-electron chi connectivity index (χ2n) is 6.51. The minimum atomic E-state index is -4.41. The van der Waals surface area contributed by atoms with Crippen LogP contribution in [0, 0.1) is 0 Å². The summed E-state index contributed by atoms with van der Waals surface area (Å²) in [4.78, 5) is 12.2. The molecule has 0 bridgehead atoms. The van der Waals surface area contributed by atoms with Crippen LogP contribution in [-0.2, 0) is 15.7 Å². The number of nitrogens with two attached hydrogens (primary N) is 1. The number of carbonyl (C=O) groups is 1. The van der Waals surface area contributed by atoms with E-state index < -0.39 is 17.8 Å². The summed E-state index contributed by atoms with van der Waals surface area (Å²) >= 11 is 0. The third-order valence-electron chi connectivity index (χ3n) is 4.69. The van der Waals surface area contributed by atoms with Gasteiger partial charge < -0.3 is 15.8 Å². The third-order valence-corrected chi connectivity index (χ3v) is 4.69. The molecule has 1 aliphatic carbocycles. The molecular formula is C18H26ClF3N2O2. The number of benzene rings is 1. The van der Waals surface area contributed by atoms with Crippen LogP contribution in [0.2, 0.25) is 0 Å². The van der Waals surface area contributed by atoms with Crippen LogP contribution in [0.4, 0.5) is 13.2 Å². The van der Waals surface area contributed by atoms with Crippen LogP contribution in [0.25, 0.3) is 0 Å². The van der Waals surface area contributed by atoms with Gasteiger partial charge in [0.1, 0.15) is 6.04 Å². The summed E-state index contributed by atoms with van der Waals surface area (Å²) in [6.45, 7) is 0.0718. The first-order valence-electron chi connectivity index (χ1n) is 8.55.